The van der Waals surface area contributed by atoms with Crippen LogP contribution in [0.15, 0.2) is 54.0 Å². The van der Waals surface area contributed by atoms with Crippen LogP contribution in [0.5, 0.6) is 11.5 Å². The molecule has 2 aromatic carbocycles. The average Bonchev–Trinajstić information content (AvgIpc) is 3.36. The first-order valence-corrected chi connectivity index (χ1v) is 10.6. The van der Waals surface area contributed by atoms with Gasteiger partial charge in [-0.1, -0.05) is 12.1 Å². The van der Waals surface area contributed by atoms with Gasteiger partial charge >= 0.3 is 0 Å². The highest BCUT2D eigenvalue weighted by molar-refractivity contribution is 7.15. The number of amides is 1. The van der Waals surface area contributed by atoms with Crippen LogP contribution in [0, 0.1) is 5.82 Å². The molecule has 1 N–H and O–H groups in total. The number of nitrogens with zero attached hydrogens (tertiary/aromatic N) is 2. The lowest BCUT2D eigenvalue weighted by molar-refractivity contribution is -0.120. The van der Waals surface area contributed by atoms with Crippen molar-refractivity contribution in [1.29, 1.82) is 0 Å². The van der Waals surface area contributed by atoms with Crippen LogP contribution in [0.1, 0.15) is 11.3 Å². The highest BCUT2D eigenvalue weighted by Crippen LogP contribution is 2.34. The zero-order valence-corrected chi connectivity index (χ0v) is 18.0. The van der Waals surface area contributed by atoms with E-state index in [1.54, 1.807) is 26.4 Å². The molecule has 0 aliphatic rings. The molecule has 31 heavy (non-hydrogen) atoms. The van der Waals surface area contributed by atoms with E-state index in [0.717, 1.165) is 27.5 Å². The molecule has 8 heteroatoms. The molecule has 1 amide bonds. The van der Waals surface area contributed by atoms with Gasteiger partial charge in [-0.05, 0) is 42.3 Å². The molecule has 0 aliphatic carbocycles. The molecule has 4 rings (SSSR count). The van der Waals surface area contributed by atoms with Crippen LogP contribution in [-0.4, -0.2) is 36.1 Å². The molecular formula is C23H22FN3O3S. The molecule has 0 saturated heterocycles. The highest BCUT2D eigenvalue weighted by Gasteiger charge is 2.15. The van der Waals surface area contributed by atoms with Gasteiger partial charge < -0.3 is 14.8 Å². The molecule has 0 bridgehead atoms. The Bertz CT molecular complexity index is 1200. The van der Waals surface area contributed by atoms with Gasteiger partial charge in [0.15, 0.2) is 4.96 Å². The molecule has 0 saturated carbocycles. The first-order chi connectivity index (χ1) is 15.1. The third-order valence-electron chi connectivity index (χ3n) is 4.96. The van der Waals surface area contributed by atoms with Gasteiger partial charge in [0.25, 0.3) is 0 Å². The predicted octanol–water partition coefficient (Wildman–Crippen LogP) is 4.12. The number of hydrogen-bond acceptors (Lipinski definition) is 5. The normalized spacial score (nSPS) is 10.9. The van der Waals surface area contributed by atoms with Crippen molar-refractivity contribution in [2.45, 2.75) is 12.8 Å². The molecule has 0 spiro atoms. The molecule has 4 aromatic rings. The van der Waals surface area contributed by atoms with Gasteiger partial charge in [0.2, 0.25) is 5.91 Å². The fourth-order valence-electron chi connectivity index (χ4n) is 3.32. The number of nitrogens with one attached hydrogen (secondary N) is 1. The van der Waals surface area contributed by atoms with Crippen LogP contribution >= 0.6 is 11.3 Å². The summed E-state index contributed by atoms with van der Waals surface area (Å²) >= 11 is 1.48. The van der Waals surface area contributed by atoms with Crippen LogP contribution in [0.3, 0.4) is 0 Å². The quantitative estimate of drug-likeness (QED) is 0.449. The number of halogens is 1. The number of carbonyl (C=O) groups is 1. The van der Waals surface area contributed by atoms with Gasteiger partial charge in [0.1, 0.15) is 17.3 Å². The van der Waals surface area contributed by atoms with Crippen molar-refractivity contribution in [1.82, 2.24) is 14.7 Å². The molecule has 0 fully saturated rings. The van der Waals surface area contributed by atoms with E-state index in [1.165, 1.54) is 23.5 Å². The van der Waals surface area contributed by atoms with Crippen molar-refractivity contribution in [2.24, 2.45) is 0 Å². The molecule has 6 nitrogen and oxygen atoms in total. The van der Waals surface area contributed by atoms with Gasteiger partial charge in [0.05, 0.1) is 26.3 Å². The topological polar surface area (TPSA) is 64.9 Å². The second kappa shape index (κ2) is 9.18. The fraction of sp³-hybridized carbons (Fsp3) is 0.217. The van der Waals surface area contributed by atoms with Gasteiger partial charge in [-0.3, -0.25) is 9.20 Å². The summed E-state index contributed by atoms with van der Waals surface area (Å²) in [5.41, 5.74) is 3.42. The first-order valence-electron chi connectivity index (χ1n) is 9.76. The van der Waals surface area contributed by atoms with Crippen molar-refractivity contribution in [2.75, 3.05) is 20.8 Å². The Balaban J connectivity index is 1.45. The number of thiazole rings is 1. The average molecular weight is 440 g/mol. The minimum absolute atomic E-state index is 0.0731. The van der Waals surface area contributed by atoms with Crippen LogP contribution in [0.4, 0.5) is 4.39 Å². The molecule has 0 unspecified atom stereocenters. The van der Waals surface area contributed by atoms with Crippen LogP contribution in [-0.2, 0) is 17.6 Å². The van der Waals surface area contributed by atoms with E-state index in [-0.39, 0.29) is 18.1 Å². The predicted molar refractivity (Wildman–Crippen MR) is 118 cm³/mol. The lowest BCUT2D eigenvalue weighted by Crippen LogP contribution is -2.27. The maximum atomic E-state index is 13.0. The third kappa shape index (κ3) is 4.69. The number of benzene rings is 2. The molecule has 0 aliphatic heterocycles. The van der Waals surface area contributed by atoms with Crippen molar-refractivity contribution in [3.05, 3.63) is 71.1 Å². The summed E-state index contributed by atoms with van der Waals surface area (Å²) in [6.07, 6.45) is 2.80. The number of hydrogen-bond donors (Lipinski definition) is 1. The molecule has 2 heterocycles. The lowest BCUT2D eigenvalue weighted by atomic mass is 10.1. The summed E-state index contributed by atoms with van der Waals surface area (Å²) in [6, 6.07) is 11.9. The minimum Gasteiger partial charge on any atom is -0.497 e. The van der Waals surface area contributed by atoms with E-state index in [1.807, 2.05) is 34.2 Å². The Morgan fingerprint density at radius 1 is 1.16 bits per heavy atom. The van der Waals surface area contributed by atoms with Crippen molar-refractivity contribution < 1.29 is 18.7 Å². The minimum atomic E-state index is -0.263. The van der Waals surface area contributed by atoms with E-state index in [0.29, 0.717) is 24.5 Å². The summed E-state index contributed by atoms with van der Waals surface area (Å²) < 4.78 is 25.7. The lowest BCUT2D eigenvalue weighted by Gasteiger charge is -2.08. The Morgan fingerprint density at radius 3 is 2.71 bits per heavy atom. The number of ether oxygens (including phenoxy) is 2. The summed E-state index contributed by atoms with van der Waals surface area (Å²) in [5.74, 6) is 1.08. The van der Waals surface area contributed by atoms with Crippen LogP contribution < -0.4 is 14.8 Å². The van der Waals surface area contributed by atoms with E-state index in [9.17, 15) is 9.18 Å². The van der Waals surface area contributed by atoms with E-state index in [4.69, 9.17) is 9.47 Å². The van der Waals surface area contributed by atoms with Gasteiger partial charge in [-0.25, -0.2) is 9.37 Å². The number of carbonyl (C=O) groups excluding carboxylic acids is 1. The molecule has 0 atom stereocenters. The smallest absolute Gasteiger partial charge is 0.225 e. The zero-order valence-electron chi connectivity index (χ0n) is 17.2. The number of imidazole rings is 1. The number of rotatable bonds is 8. The Labute approximate surface area is 183 Å². The van der Waals surface area contributed by atoms with Crippen molar-refractivity contribution in [3.8, 4) is 22.8 Å². The van der Waals surface area contributed by atoms with E-state index < -0.39 is 0 Å². The highest BCUT2D eigenvalue weighted by atomic mass is 32.1. The second-order valence-electron chi connectivity index (χ2n) is 6.98. The van der Waals surface area contributed by atoms with E-state index >= 15 is 0 Å². The molecule has 0 radical (unpaired) electrons. The van der Waals surface area contributed by atoms with Crippen LogP contribution in [0.25, 0.3) is 16.2 Å². The summed E-state index contributed by atoms with van der Waals surface area (Å²) in [7, 11) is 3.23. The van der Waals surface area contributed by atoms with Gasteiger partial charge in [-0.15, -0.1) is 11.3 Å². The van der Waals surface area contributed by atoms with Crippen molar-refractivity contribution in [3.63, 3.8) is 0 Å². The Hall–Kier alpha value is -3.39. The van der Waals surface area contributed by atoms with E-state index in [2.05, 4.69) is 10.3 Å². The summed E-state index contributed by atoms with van der Waals surface area (Å²) in [5, 5.41) is 4.86. The monoisotopic (exact) mass is 439 g/mol. The number of aromatic nitrogens is 2. The number of fused-ring (bicyclic) bond motifs is 1. The Morgan fingerprint density at radius 2 is 1.97 bits per heavy atom. The fourth-order valence-corrected chi connectivity index (χ4v) is 4.20. The standard InChI is InChI=1S/C23H22FN3O3S/c1-29-18-7-8-21(30-2)19(12-18)20-13-27-17(14-31-23(27)26-20)11-22(28)25-10-9-15-3-5-16(24)6-4-15/h3-8,12-14H,9-11H2,1-2H3,(H,25,28). The third-order valence-corrected chi connectivity index (χ3v) is 5.85. The molecular weight excluding hydrogens is 417 g/mol. The number of methoxy groups -OCH3 is 2. The van der Waals surface area contributed by atoms with Crippen LogP contribution in [0.2, 0.25) is 0 Å². The van der Waals surface area contributed by atoms with Gasteiger partial charge in [0, 0.05) is 29.4 Å². The van der Waals surface area contributed by atoms with Crippen molar-refractivity contribution >= 4 is 22.2 Å². The zero-order chi connectivity index (χ0) is 21.8. The molecule has 2 aromatic heterocycles. The second-order valence-corrected chi connectivity index (χ2v) is 7.81. The maximum absolute atomic E-state index is 13.0. The summed E-state index contributed by atoms with van der Waals surface area (Å²) in [6.45, 7) is 0.494. The molecule has 160 valence electrons. The Kier molecular flexibility index (Phi) is 6.18. The SMILES string of the molecule is COc1ccc(OC)c(-c2cn3c(CC(=O)NCCc4ccc(F)cc4)csc3n2)c1. The maximum Gasteiger partial charge on any atom is 0.225 e. The van der Waals surface area contributed by atoms with Gasteiger partial charge in [-0.2, -0.15) is 0 Å². The summed E-state index contributed by atoms with van der Waals surface area (Å²) in [4.78, 5) is 17.9. The largest absolute Gasteiger partial charge is 0.497 e. The first kappa shape index (κ1) is 20.9.